The Hall–Kier alpha value is -2.44. The van der Waals surface area contributed by atoms with Gasteiger partial charge in [0, 0.05) is 24.5 Å². The lowest BCUT2D eigenvalue weighted by molar-refractivity contribution is 0.0950. The van der Waals surface area contributed by atoms with Gasteiger partial charge in [0.15, 0.2) is 5.69 Å². The molecule has 7 heteroatoms. The van der Waals surface area contributed by atoms with E-state index in [1.54, 1.807) is 17.0 Å². The highest BCUT2D eigenvalue weighted by molar-refractivity contribution is 5.93. The molecule has 0 spiro atoms. The van der Waals surface area contributed by atoms with Gasteiger partial charge in [-0.2, -0.15) is 15.3 Å². The first kappa shape index (κ1) is 12.0. The third kappa shape index (κ3) is 2.62. The molecule has 1 amide bonds. The highest BCUT2D eigenvalue weighted by Crippen LogP contribution is 2.00. The largest absolute Gasteiger partial charge is 0.291 e. The average Bonchev–Trinajstić information content (AvgIpc) is 2.86. The van der Waals surface area contributed by atoms with Crippen LogP contribution in [0, 0.1) is 13.8 Å². The summed E-state index contributed by atoms with van der Waals surface area (Å²) < 4.78 is 1.69. The molecule has 2 heterocycles. The van der Waals surface area contributed by atoms with Crippen molar-refractivity contribution < 1.29 is 4.79 Å². The Kier molecular flexibility index (Phi) is 3.22. The molecule has 2 rings (SSSR count). The van der Waals surface area contributed by atoms with E-state index < -0.39 is 0 Å². The zero-order valence-electron chi connectivity index (χ0n) is 10.4. The van der Waals surface area contributed by atoms with Gasteiger partial charge in [-0.15, -0.1) is 0 Å². The van der Waals surface area contributed by atoms with Gasteiger partial charge < -0.3 is 0 Å². The number of carbonyl (C=O) groups is 1. The molecule has 0 saturated carbocycles. The number of hydrogen-bond acceptors (Lipinski definition) is 4. The number of rotatable bonds is 3. The minimum atomic E-state index is -0.350. The van der Waals surface area contributed by atoms with E-state index in [2.05, 4.69) is 25.8 Å². The van der Waals surface area contributed by atoms with Crippen LogP contribution in [-0.2, 0) is 7.05 Å². The quantitative estimate of drug-likeness (QED) is 0.611. The van der Waals surface area contributed by atoms with Crippen molar-refractivity contribution in [1.29, 1.82) is 0 Å². The Morgan fingerprint density at radius 1 is 1.56 bits per heavy atom. The molecular weight excluding hydrogens is 232 g/mol. The molecule has 2 aromatic rings. The van der Waals surface area contributed by atoms with E-state index in [1.165, 1.54) is 0 Å². The summed E-state index contributed by atoms with van der Waals surface area (Å²) in [7, 11) is 1.83. The number of aromatic amines is 1. The standard InChI is InChI=1S/C11H14N6O/c1-7-4-10(14-13-7)11(18)15-12-5-9-6-17(3)16-8(9)2/h4-6H,1-3H3,(H,13,14)(H,15,18)/b12-5+. The number of nitrogens with one attached hydrogen (secondary N) is 2. The van der Waals surface area contributed by atoms with E-state index in [4.69, 9.17) is 0 Å². The molecular formula is C11H14N6O. The van der Waals surface area contributed by atoms with Crippen LogP contribution in [0.3, 0.4) is 0 Å². The van der Waals surface area contributed by atoms with E-state index in [1.807, 2.05) is 27.1 Å². The van der Waals surface area contributed by atoms with Crippen LogP contribution >= 0.6 is 0 Å². The van der Waals surface area contributed by atoms with Crippen molar-refractivity contribution in [3.8, 4) is 0 Å². The van der Waals surface area contributed by atoms with Crippen LogP contribution in [0.5, 0.6) is 0 Å². The highest BCUT2D eigenvalue weighted by atomic mass is 16.2. The van der Waals surface area contributed by atoms with E-state index >= 15 is 0 Å². The van der Waals surface area contributed by atoms with Crippen LogP contribution in [0.25, 0.3) is 0 Å². The molecule has 0 unspecified atom stereocenters. The number of carbonyl (C=O) groups excluding carboxylic acids is 1. The number of hydrazone groups is 1. The van der Waals surface area contributed by atoms with Gasteiger partial charge in [-0.3, -0.25) is 14.6 Å². The maximum absolute atomic E-state index is 11.6. The molecule has 0 bridgehead atoms. The van der Waals surface area contributed by atoms with Gasteiger partial charge in [-0.25, -0.2) is 5.43 Å². The number of amides is 1. The van der Waals surface area contributed by atoms with Crippen molar-refractivity contribution in [3.63, 3.8) is 0 Å². The minimum absolute atomic E-state index is 0.313. The predicted octanol–water partition coefficient (Wildman–Crippen LogP) is 0.524. The molecule has 7 nitrogen and oxygen atoms in total. The molecule has 94 valence electrons. The van der Waals surface area contributed by atoms with Crippen molar-refractivity contribution in [2.24, 2.45) is 12.1 Å². The number of aromatic nitrogens is 4. The summed E-state index contributed by atoms with van der Waals surface area (Å²) in [6.07, 6.45) is 3.38. The maximum atomic E-state index is 11.6. The fourth-order valence-corrected chi connectivity index (χ4v) is 1.50. The van der Waals surface area contributed by atoms with E-state index in [-0.39, 0.29) is 5.91 Å². The fraction of sp³-hybridized carbons (Fsp3) is 0.273. The van der Waals surface area contributed by atoms with Crippen molar-refractivity contribution in [2.45, 2.75) is 13.8 Å². The van der Waals surface area contributed by atoms with Gasteiger partial charge in [-0.05, 0) is 19.9 Å². The summed E-state index contributed by atoms with van der Waals surface area (Å²) in [5.74, 6) is -0.350. The van der Waals surface area contributed by atoms with Gasteiger partial charge in [0.05, 0.1) is 11.9 Å². The second-order valence-electron chi connectivity index (χ2n) is 3.98. The van der Waals surface area contributed by atoms with E-state index in [0.29, 0.717) is 5.69 Å². The molecule has 0 radical (unpaired) electrons. The number of aryl methyl sites for hydroxylation is 3. The van der Waals surface area contributed by atoms with Crippen LogP contribution in [0.4, 0.5) is 0 Å². The van der Waals surface area contributed by atoms with Crippen molar-refractivity contribution in [2.75, 3.05) is 0 Å². The first-order valence-electron chi connectivity index (χ1n) is 5.42. The monoisotopic (exact) mass is 246 g/mol. The van der Waals surface area contributed by atoms with Crippen molar-refractivity contribution >= 4 is 12.1 Å². The second kappa shape index (κ2) is 4.82. The fourth-order valence-electron chi connectivity index (χ4n) is 1.50. The summed E-state index contributed by atoms with van der Waals surface area (Å²) in [5.41, 5.74) is 5.26. The van der Waals surface area contributed by atoms with Gasteiger partial charge in [0.1, 0.15) is 0 Å². The highest BCUT2D eigenvalue weighted by Gasteiger charge is 2.07. The second-order valence-corrected chi connectivity index (χ2v) is 3.98. The van der Waals surface area contributed by atoms with E-state index in [9.17, 15) is 4.79 Å². The summed E-state index contributed by atoms with van der Waals surface area (Å²) in [6, 6.07) is 1.65. The Labute approximate surface area is 104 Å². The van der Waals surface area contributed by atoms with Crippen LogP contribution in [-0.4, -0.2) is 32.1 Å². The van der Waals surface area contributed by atoms with Gasteiger partial charge in [0.2, 0.25) is 0 Å². The third-order valence-corrected chi connectivity index (χ3v) is 2.36. The number of nitrogens with zero attached hydrogens (tertiary/aromatic N) is 4. The zero-order valence-corrected chi connectivity index (χ0v) is 10.4. The van der Waals surface area contributed by atoms with Crippen LogP contribution in [0.15, 0.2) is 17.4 Å². The zero-order chi connectivity index (χ0) is 13.1. The van der Waals surface area contributed by atoms with Crippen molar-refractivity contribution in [3.05, 3.63) is 34.9 Å². The lowest BCUT2D eigenvalue weighted by atomic mass is 10.3. The first-order valence-corrected chi connectivity index (χ1v) is 5.42. The molecule has 0 saturated heterocycles. The Bertz CT molecular complexity index is 594. The Balaban J connectivity index is 1.99. The molecule has 0 fully saturated rings. The smallest absolute Gasteiger partial charge is 0.282 e. The molecule has 0 aliphatic heterocycles. The van der Waals surface area contributed by atoms with E-state index in [0.717, 1.165) is 17.0 Å². The summed E-state index contributed by atoms with van der Waals surface area (Å²) >= 11 is 0. The van der Waals surface area contributed by atoms with Gasteiger partial charge in [-0.1, -0.05) is 0 Å². The Morgan fingerprint density at radius 2 is 2.33 bits per heavy atom. The summed E-state index contributed by atoms with van der Waals surface area (Å²) in [5, 5.41) is 14.6. The molecule has 2 N–H and O–H groups in total. The van der Waals surface area contributed by atoms with Crippen molar-refractivity contribution in [1.82, 2.24) is 25.4 Å². The lowest BCUT2D eigenvalue weighted by Gasteiger charge is -1.93. The van der Waals surface area contributed by atoms with Crippen LogP contribution < -0.4 is 5.43 Å². The molecule has 0 aromatic carbocycles. The number of hydrogen-bond donors (Lipinski definition) is 2. The number of H-pyrrole nitrogens is 1. The average molecular weight is 246 g/mol. The summed E-state index contributed by atoms with van der Waals surface area (Å²) in [6.45, 7) is 3.70. The van der Waals surface area contributed by atoms with Gasteiger partial charge >= 0.3 is 0 Å². The SMILES string of the molecule is Cc1cc(C(=O)N/N=C/c2cn(C)nc2C)n[nH]1. The van der Waals surface area contributed by atoms with Crippen LogP contribution in [0.1, 0.15) is 27.4 Å². The maximum Gasteiger partial charge on any atom is 0.291 e. The Morgan fingerprint density at radius 3 is 2.89 bits per heavy atom. The molecule has 0 aliphatic rings. The van der Waals surface area contributed by atoms with Crippen LogP contribution in [0.2, 0.25) is 0 Å². The summed E-state index contributed by atoms with van der Waals surface area (Å²) in [4.78, 5) is 11.6. The molecule has 0 atom stereocenters. The predicted molar refractivity (Wildman–Crippen MR) is 66.3 cm³/mol. The molecule has 18 heavy (non-hydrogen) atoms. The third-order valence-electron chi connectivity index (χ3n) is 2.36. The molecule has 0 aliphatic carbocycles. The molecule has 2 aromatic heterocycles. The normalized spacial score (nSPS) is 11.1. The van der Waals surface area contributed by atoms with Gasteiger partial charge in [0.25, 0.3) is 5.91 Å². The first-order chi connectivity index (χ1) is 8.56. The lowest BCUT2D eigenvalue weighted by Crippen LogP contribution is -2.18. The minimum Gasteiger partial charge on any atom is -0.282 e. The topological polar surface area (TPSA) is 88.0 Å².